The van der Waals surface area contributed by atoms with Gasteiger partial charge in [-0.15, -0.1) is 13.2 Å². The van der Waals surface area contributed by atoms with E-state index in [1.54, 1.807) is 24.2 Å². The molecule has 3 unspecified atom stereocenters. The fourth-order valence-corrected chi connectivity index (χ4v) is 5.65. The molecule has 1 aliphatic carbocycles. The highest BCUT2D eigenvalue weighted by atomic mass is 16.5. The minimum absolute atomic E-state index is 0.0209. The molecule has 0 radical (unpaired) electrons. The van der Waals surface area contributed by atoms with E-state index in [4.69, 9.17) is 9.47 Å². The van der Waals surface area contributed by atoms with Gasteiger partial charge >= 0.3 is 0 Å². The lowest BCUT2D eigenvalue weighted by Gasteiger charge is -2.31. The van der Waals surface area contributed by atoms with Crippen LogP contribution in [0.1, 0.15) is 54.5 Å². The Kier molecular flexibility index (Phi) is 10.5. The molecule has 1 heterocycles. The van der Waals surface area contributed by atoms with Crippen LogP contribution in [0.15, 0.2) is 73.8 Å². The fourth-order valence-electron chi connectivity index (χ4n) is 5.65. The van der Waals surface area contributed by atoms with Crippen molar-refractivity contribution in [1.82, 2.24) is 15.5 Å². The lowest BCUT2D eigenvalue weighted by Crippen LogP contribution is -2.55. The zero-order valence-electron chi connectivity index (χ0n) is 23.3. The number of carbonyl (C=O) groups excluding carboxylic acids is 2. The zero-order chi connectivity index (χ0) is 28.5. The van der Waals surface area contributed by atoms with Gasteiger partial charge in [-0.2, -0.15) is 0 Å². The molecule has 214 valence electrons. The molecule has 0 saturated carbocycles. The average molecular weight is 548 g/mol. The molecular weight excluding hydrogens is 506 g/mol. The van der Waals surface area contributed by atoms with E-state index in [1.165, 1.54) is 0 Å². The third kappa shape index (κ3) is 7.18. The van der Waals surface area contributed by atoms with Crippen molar-refractivity contribution in [3.05, 3.63) is 90.5 Å². The number of aliphatic hydroxyl groups is 1. The van der Waals surface area contributed by atoms with Gasteiger partial charge in [-0.05, 0) is 54.5 Å². The molecule has 2 aliphatic rings. The Morgan fingerprint density at radius 1 is 1.18 bits per heavy atom. The molecule has 3 N–H and O–H groups in total. The van der Waals surface area contributed by atoms with Gasteiger partial charge < -0.3 is 30.1 Å². The summed E-state index contributed by atoms with van der Waals surface area (Å²) in [7, 11) is 1.64. The molecule has 4 rings (SSSR count). The van der Waals surface area contributed by atoms with Crippen LogP contribution in [0.2, 0.25) is 0 Å². The predicted molar refractivity (Wildman–Crippen MR) is 155 cm³/mol. The number of hydrogen-bond acceptors (Lipinski definition) is 6. The number of rotatable bonds is 15. The van der Waals surface area contributed by atoms with Gasteiger partial charge in [-0.3, -0.25) is 9.59 Å². The van der Waals surface area contributed by atoms with Crippen LogP contribution in [0.25, 0.3) is 0 Å². The molecule has 0 bridgehead atoms. The van der Waals surface area contributed by atoms with Crippen molar-refractivity contribution >= 4 is 11.8 Å². The molecule has 5 atom stereocenters. The maximum atomic E-state index is 13.5. The van der Waals surface area contributed by atoms with E-state index in [2.05, 4.69) is 23.8 Å². The average Bonchev–Trinajstić information content (AvgIpc) is 3.55. The van der Waals surface area contributed by atoms with E-state index in [-0.39, 0.29) is 30.5 Å². The van der Waals surface area contributed by atoms with Gasteiger partial charge in [0.2, 0.25) is 11.8 Å². The van der Waals surface area contributed by atoms with Crippen LogP contribution in [0.4, 0.5) is 0 Å². The molecule has 1 aliphatic heterocycles. The van der Waals surface area contributed by atoms with Crippen LogP contribution < -0.4 is 15.4 Å². The number of amides is 2. The van der Waals surface area contributed by atoms with Gasteiger partial charge in [-0.1, -0.05) is 48.6 Å². The van der Waals surface area contributed by atoms with Crippen LogP contribution in [-0.4, -0.2) is 66.8 Å². The Morgan fingerprint density at radius 3 is 2.65 bits per heavy atom. The van der Waals surface area contributed by atoms with Crippen molar-refractivity contribution in [2.75, 3.05) is 26.8 Å². The van der Waals surface area contributed by atoms with E-state index in [0.29, 0.717) is 38.8 Å². The van der Waals surface area contributed by atoms with Crippen LogP contribution in [0.5, 0.6) is 5.75 Å². The first-order valence-electron chi connectivity index (χ1n) is 14.0. The molecule has 0 spiro atoms. The summed E-state index contributed by atoms with van der Waals surface area (Å²) in [5, 5.41) is 18.0. The smallest absolute Gasteiger partial charge is 0.243 e. The maximum absolute atomic E-state index is 13.5. The molecule has 0 aromatic heterocycles. The number of carbonyl (C=O) groups is 2. The minimum Gasteiger partial charge on any atom is -0.497 e. The molecule has 1 fully saturated rings. The van der Waals surface area contributed by atoms with Gasteiger partial charge in [0.25, 0.3) is 0 Å². The lowest BCUT2D eigenvalue weighted by molar-refractivity contribution is -0.138. The molecule has 8 nitrogen and oxygen atoms in total. The second-order valence-electron chi connectivity index (χ2n) is 10.4. The summed E-state index contributed by atoms with van der Waals surface area (Å²) >= 11 is 0. The number of hydrogen-bond donors (Lipinski definition) is 3. The number of fused-ring (bicyclic) bond motifs is 1. The molecule has 40 heavy (non-hydrogen) atoms. The van der Waals surface area contributed by atoms with Crippen molar-refractivity contribution < 1.29 is 24.2 Å². The number of ether oxygens (including phenoxy) is 2. The van der Waals surface area contributed by atoms with Gasteiger partial charge in [-0.25, -0.2) is 0 Å². The van der Waals surface area contributed by atoms with Crippen molar-refractivity contribution in [2.24, 2.45) is 0 Å². The fraction of sp³-hybridized carbons (Fsp3) is 0.438. The molecular formula is C32H41N3O5. The summed E-state index contributed by atoms with van der Waals surface area (Å²) in [4.78, 5) is 27.5. The SMILES string of the molecule is C=CCOC1CC(NC[C@@H](O)[C@H](Cc2ccccc2)NC(=O)C(CC=C)N2CCCC2=O)c2cc(OC)ccc21. The summed E-state index contributed by atoms with van der Waals surface area (Å²) in [6.07, 6.45) is 5.13. The predicted octanol–water partition coefficient (Wildman–Crippen LogP) is 3.63. The summed E-state index contributed by atoms with van der Waals surface area (Å²) < 4.78 is 11.5. The van der Waals surface area contributed by atoms with E-state index >= 15 is 0 Å². The van der Waals surface area contributed by atoms with Crippen molar-refractivity contribution in [3.63, 3.8) is 0 Å². The largest absolute Gasteiger partial charge is 0.497 e. The van der Waals surface area contributed by atoms with E-state index in [9.17, 15) is 14.7 Å². The highest BCUT2D eigenvalue weighted by Gasteiger charge is 2.35. The van der Waals surface area contributed by atoms with E-state index in [0.717, 1.165) is 28.9 Å². The topological polar surface area (TPSA) is 100 Å². The number of nitrogens with one attached hydrogen (secondary N) is 2. The summed E-state index contributed by atoms with van der Waals surface area (Å²) in [5.74, 6) is 0.464. The molecule has 1 saturated heterocycles. The second kappa shape index (κ2) is 14.3. The first-order chi connectivity index (χ1) is 19.4. The number of likely N-dealkylation sites (tertiary alicyclic amines) is 1. The van der Waals surface area contributed by atoms with Crippen LogP contribution in [0, 0.1) is 0 Å². The van der Waals surface area contributed by atoms with Gasteiger partial charge in [0.05, 0.1) is 32.0 Å². The Balaban J connectivity index is 1.49. The quantitative estimate of drug-likeness (QED) is 0.295. The Labute approximate surface area is 237 Å². The van der Waals surface area contributed by atoms with Crippen LogP contribution >= 0.6 is 0 Å². The highest BCUT2D eigenvalue weighted by Crippen LogP contribution is 2.42. The molecule has 8 heteroatoms. The zero-order valence-corrected chi connectivity index (χ0v) is 23.3. The molecule has 2 aromatic carbocycles. The number of methoxy groups -OCH3 is 1. The standard InChI is InChI=1S/C32H41N3O5/c1-4-10-28(35-16-9-13-31(35)37)32(38)34-27(18-22-11-7-6-8-12-22)29(36)21-33-26-20-30(40-17-5-2)24-15-14-23(39-3)19-25(24)26/h4-8,11-12,14-15,19,26-30,33,36H,1-2,9-10,13,16-18,20-21H2,3H3,(H,34,38)/t26?,27-,28?,29+,30?/m0/s1. The van der Waals surface area contributed by atoms with E-state index < -0.39 is 18.2 Å². The molecule has 2 aromatic rings. The Hall–Kier alpha value is -3.46. The van der Waals surface area contributed by atoms with Crippen molar-refractivity contribution in [2.45, 2.75) is 62.4 Å². The highest BCUT2D eigenvalue weighted by molar-refractivity contribution is 5.89. The van der Waals surface area contributed by atoms with Gasteiger partial charge in [0, 0.05) is 25.6 Å². The Bertz CT molecular complexity index is 1170. The van der Waals surface area contributed by atoms with Crippen LogP contribution in [0.3, 0.4) is 0 Å². The van der Waals surface area contributed by atoms with Gasteiger partial charge in [0.15, 0.2) is 0 Å². The summed E-state index contributed by atoms with van der Waals surface area (Å²) in [6, 6.07) is 14.5. The first kappa shape index (κ1) is 29.5. The molecule has 2 amide bonds. The summed E-state index contributed by atoms with van der Waals surface area (Å²) in [6.45, 7) is 8.80. The van der Waals surface area contributed by atoms with Crippen molar-refractivity contribution in [1.29, 1.82) is 0 Å². The van der Waals surface area contributed by atoms with Gasteiger partial charge in [0.1, 0.15) is 11.8 Å². The first-order valence-corrected chi connectivity index (χ1v) is 14.0. The number of nitrogens with zero attached hydrogens (tertiary/aromatic N) is 1. The van der Waals surface area contributed by atoms with Crippen LogP contribution in [-0.2, 0) is 20.7 Å². The lowest BCUT2D eigenvalue weighted by atomic mass is 9.99. The third-order valence-corrected chi connectivity index (χ3v) is 7.72. The number of aliphatic hydroxyl groups excluding tert-OH is 1. The number of benzene rings is 2. The second-order valence-corrected chi connectivity index (χ2v) is 10.4. The monoisotopic (exact) mass is 547 g/mol. The van der Waals surface area contributed by atoms with E-state index in [1.807, 2.05) is 48.5 Å². The third-order valence-electron chi connectivity index (χ3n) is 7.72. The van der Waals surface area contributed by atoms with Crippen molar-refractivity contribution in [3.8, 4) is 5.75 Å². The summed E-state index contributed by atoms with van der Waals surface area (Å²) in [5.41, 5.74) is 3.16. The normalized spacial score (nSPS) is 20.4. The maximum Gasteiger partial charge on any atom is 0.243 e. The minimum atomic E-state index is -0.884. The Morgan fingerprint density at radius 2 is 1.98 bits per heavy atom.